The Balaban J connectivity index is 2.58. The molecule has 0 spiro atoms. The maximum atomic E-state index is 11.8. The Morgan fingerprint density at radius 3 is 2.45 bits per heavy atom. The summed E-state index contributed by atoms with van der Waals surface area (Å²) >= 11 is 1.33. The highest BCUT2D eigenvalue weighted by atomic mass is 32.1. The van der Waals surface area contributed by atoms with Crippen LogP contribution in [0.3, 0.4) is 0 Å². The summed E-state index contributed by atoms with van der Waals surface area (Å²) < 4.78 is 0. The predicted octanol–water partition coefficient (Wildman–Crippen LogP) is 2.89. The summed E-state index contributed by atoms with van der Waals surface area (Å²) in [6.07, 6.45) is 0.387. The van der Waals surface area contributed by atoms with E-state index < -0.39 is 18.0 Å². The van der Waals surface area contributed by atoms with Crippen molar-refractivity contribution in [3.63, 3.8) is 0 Å². The molecule has 20 heavy (non-hydrogen) atoms. The van der Waals surface area contributed by atoms with Crippen LogP contribution in [0.5, 0.6) is 0 Å². The van der Waals surface area contributed by atoms with Gasteiger partial charge in [0.15, 0.2) is 5.13 Å². The fourth-order valence-electron chi connectivity index (χ4n) is 1.59. The van der Waals surface area contributed by atoms with Gasteiger partial charge in [0.05, 0.1) is 5.69 Å². The monoisotopic (exact) mass is 299 g/mol. The summed E-state index contributed by atoms with van der Waals surface area (Å²) in [5.41, 5.74) is 0.905. The van der Waals surface area contributed by atoms with Crippen LogP contribution in [0, 0.1) is 5.92 Å². The molecule has 0 aliphatic rings. The number of urea groups is 1. The molecule has 6 nitrogen and oxygen atoms in total. The van der Waals surface area contributed by atoms with Gasteiger partial charge in [-0.05, 0) is 18.3 Å². The van der Waals surface area contributed by atoms with Crippen molar-refractivity contribution in [2.45, 2.75) is 46.1 Å². The van der Waals surface area contributed by atoms with E-state index in [-0.39, 0.29) is 11.8 Å². The van der Waals surface area contributed by atoms with Gasteiger partial charge in [-0.3, -0.25) is 5.32 Å². The molecule has 0 saturated carbocycles. The number of carboxylic acid groups (broad SMARTS) is 1. The predicted molar refractivity (Wildman–Crippen MR) is 79.2 cm³/mol. The van der Waals surface area contributed by atoms with Gasteiger partial charge in [0, 0.05) is 5.38 Å². The van der Waals surface area contributed by atoms with Gasteiger partial charge in [0.2, 0.25) is 0 Å². The number of carbonyl (C=O) groups excluding carboxylic acids is 1. The first-order chi connectivity index (χ1) is 9.29. The molecule has 1 aromatic heterocycles. The first-order valence-electron chi connectivity index (χ1n) is 6.55. The lowest BCUT2D eigenvalue weighted by atomic mass is 10.0. The van der Waals surface area contributed by atoms with Crippen LogP contribution in [0.25, 0.3) is 0 Å². The number of hydrogen-bond acceptors (Lipinski definition) is 4. The summed E-state index contributed by atoms with van der Waals surface area (Å²) in [6, 6.07) is -1.43. The van der Waals surface area contributed by atoms with Crippen LogP contribution in [-0.4, -0.2) is 28.1 Å². The number of nitrogens with one attached hydrogen (secondary N) is 2. The van der Waals surface area contributed by atoms with Crippen molar-refractivity contribution in [1.82, 2.24) is 10.3 Å². The molecular formula is C13H21N3O3S. The topological polar surface area (TPSA) is 91.3 Å². The SMILES string of the molecule is CC(C)C[C@@H](NC(=O)Nc1nc(C(C)C)cs1)C(=O)O. The van der Waals surface area contributed by atoms with Gasteiger partial charge in [0.25, 0.3) is 0 Å². The average Bonchev–Trinajstić information content (AvgIpc) is 2.75. The van der Waals surface area contributed by atoms with Crippen molar-refractivity contribution in [3.8, 4) is 0 Å². The molecule has 0 aliphatic carbocycles. The number of hydrogen-bond donors (Lipinski definition) is 3. The van der Waals surface area contributed by atoms with Crippen LogP contribution in [-0.2, 0) is 4.79 Å². The Hall–Kier alpha value is -1.63. The molecule has 7 heteroatoms. The van der Waals surface area contributed by atoms with Crippen molar-refractivity contribution in [2.24, 2.45) is 5.92 Å². The summed E-state index contributed by atoms with van der Waals surface area (Å²) in [4.78, 5) is 27.1. The van der Waals surface area contributed by atoms with E-state index in [1.807, 2.05) is 33.1 Å². The van der Waals surface area contributed by atoms with E-state index >= 15 is 0 Å². The second-order valence-electron chi connectivity index (χ2n) is 5.35. The fraction of sp³-hybridized carbons (Fsp3) is 0.615. The van der Waals surface area contributed by atoms with Crippen LogP contribution in [0.2, 0.25) is 0 Å². The molecule has 112 valence electrons. The van der Waals surface area contributed by atoms with E-state index in [2.05, 4.69) is 15.6 Å². The zero-order valence-corrected chi connectivity index (χ0v) is 13.0. The number of carbonyl (C=O) groups is 2. The number of carboxylic acids is 1. The van der Waals surface area contributed by atoms with Gasteiger partial charge >= 0.3 is 12.0 Å². The number of thiazole rings is 1. The number of aliphatic carboxylic acids is 1. The van der Waals surface area contributed by atoms with Crippen LogP contribution < -0.4 is 10.6 Å². The minimum Gasteiger partial charge on any atom is -0.480 e. The highest BCUT2D eigenvalue weighted by Crippen LogP contribution is 2.21. The lowest BCUT2D eigenvalue weighted by molar-refractivity contribution is -0.139. The van der Waals surface area contributed by atoms with Gasteiger partial charge in [-0.25, -0.2) is 14.6 Å². The first kappa shape index (κ1) is 16.4. The Morgan fingerprint density at radius 1 is 1.35 bits per heavy atom. The maximum absolute atomic E-state index is 11.8. The summed E-state index contributed by atoms with van der Waals surface area (Å²) in [7, 11) is 0. The van der Waals surface area contributed by atoms with Crippen LogP contribution in [0.1, 0.15) is 45.7 Å². The average molecular weight is 299 g/mol. The Labute approximate surface area is 122 Å². The normalized spacial score (nSPS) is 12.5. The lowest BCUT2D eigenvalue weighted by Crippen LogP contribution is -2.43. The second kappa shape index (κ2) is 7.23. The summed E-state index contributed by atoms with van der Waals surface area (Å²) in [5.74, 6) is -0.558. The molecule has 1 atom stereocenters. The van der Waals surface area contributed by atoms with Gasteiger partial charge in [-0.2, -0.15) is 0 Å². The highest BCUT2D eigenvalue weighted by molar-refractivity contribution is 7.13. The fourth-order valence-corrected chi connectivity index (χ4v) is 2.46. The van der Waals surface area contributed by atoms with Gasteiger partial charge in [-0.1, -0.05) is 27.7 Å². The minimum absolute atomic E-state index is 0.184. The number of rotatable bonds is 6. The molecule has 1 heterocycles. The summed E-state index contributed by atoms with van der Waals surface area (Å²) in [6.45, 7) is 7.85. The van der Waals surface area contributed by atoms with E-state index in [1.165, 1.54) is 11.3 Å². The first-order valence-corrected chi connectivity index (χ1v) is 7.43. The van der Waals surface area contributed by atoms with Crippen molar-refractivity contribution in [2.75, 3.05) is 5.32 Å². The highest BCUT2D eigenvalue weighted by Gasteiger charge is 2.21. The molecule has 0 unspecified atom stereocenters. The van der Waals surface area contributed by atoms with Crippen LogP contribution in [0.4, 0.5) is 9.93 Å². The number of anilines is 1. The van der Waals surface area contributed by atoms with E-state index in [4.69, 9.17) is 5.11 Å². The zero-order chi connectivity index (χ0) is 15.3. The van der Waals surface area contributed by atoms with E-state index in [0.717, 1.165) is 5.69 Å². The molecular weight excluding hydrogens is 278 g/mol. The lowest BCUT2D eigenvalue weighted by Gasteiger charge is -2.16. The molecule has 0 bridgehead atoms. The van der Waals surface area contributed by atoms with Crippen molar-refractivity contribution in [1.29, 1.82) is 0 Å². The van der Waals surface area contributed by atoms with Crippen molar-refractivity contribution >= 4 is 28.5 Å². The third-order valence-corrected chi connectivity index (χ3v) is 3.42. The van der Waals surface area contributed by atoms with E-state index in [1.54, 1.807) is 0 Å². The van der Waals surface area contributed by atoms with Crippen molar-refractivity contribution in [3.05, 3.63) is 11.1 Å². The molecule has 1 rings (SSSR count). The van der Waals surface area contributed by atoms with E-state index in [9.17, 15) is 9.59 Å². The Morgan fingerprint density at radius 2 is 2.00 bits per heavy atom. The largest absolute Gasteiger partial charge is 0.480 e. The zero-order valence-electron chi connectivity index (χ0n) is 12.1. The third kappa shape index (κ3) is 5.16. The van der Waals surface area contributed by atoms with Crippen LogP contribution >= 0.6 is 11.3 Å². The van der Waals surface area contributed by atoms with Gasteiger partial charge in [-0.15, -0.1) is 11.3 Å². The second-order valence-corrected chi connectivity index (χ2v) is 6.21. The molecule has 0 radical (unpaired) electrons. The molecule has 0 aromatic carbocycles. The van der Waals surface area contributed by atoms with Crippen LogP contribution in [0.15, 0.2) is 5.38 Å². The van der Waals surface area contributed by atoms with Gasteiger partial charge < -0.3 is 10.4 Å². The molecule has 0 aliphatic heterocycles. The standard InChI is InChI=1S/C13H21N3O3S/c1-7(2)5-9(11(17)18)14-12(19)16-13-15-10(6-20-13)8(3)4/h6-9H,5H2,1-4H3,(H,17,18)(H2,14,15,16,19)/t9-/m1/s1. The minimum atomic E-state index is -1.03. The smallest absolute Gasteiger partial charge is 0.326 e. The number of nitrogens with zero attached hydrogens (tertiary/aromatic N) is 1. The third-order valence-electron chi connectivity index (χ3n) is 2.64. The van der Waals surface area contributed by atoms with Gasteiger partial charge in [0.1, 0.15) is 6.04 Å². The summed E-state index contributed by atoms with van der Waals surface area (Å²) in [5, 5.41) is 16.4. The Bertz CT molecular complexity index is 471. The molecule has 1 aromatic rings. The Kier molecular flexibility index (Phi) is 5.94. The molecule has 2 amide bonds. The maximum Gasteiger partial charge on any atom is 0.326 e. The molecule has 3 N–H and O–H groups in total. The van der Waals surface area contributed by atoms with Crippen molar-refractivity contribution < 1.29 is 14.7 Å². The number of aromatic nitrogens is 1. The quantitative estimate of drug-likeness (QED) is 0.753. The molecule has 0 fully saturated rings. The number of amides is 2. The molecule has 0 saturated heterocycles. The van der Waals surface area contributed by atoms with E-state index in [0.29, 0.717) is 11.6 Å².